The molecular formula is C9H9FN6O2. The number of non-ortho nitro benzene ring substituents is 1. The van der Waals surface area contributed by atoms with Gasteiger partial charge < -0.3 is 5.32 Å². The van der Waals surface area contributed by atoms with Crippen molar-refractivity contribution in [3.05, 3.63) is 40.0 Å². The van der Waals surface area contributed by atoms with Gasteiger partial charge >= 0.3 is 0 Å². The number of H-pyrrole nitrogens is 1. The second-order valence-electron chi connectivity index (χ2n) is 3.56. The fraction of sp³-hybridized carbons (Fsp3) is 0.222. The summed E-state index contributed by atoms with van der Waals surface area (Å²) < 4.78 is 13.6. The largest absolute Gasteiger partial charge is 0.373 e. The molecule has 0 bridgehead atoms. The van der Waals surface area contributed by atoms with Crippen LogP contribution in [0.5, 0.6) is 0 Å². The van der Waals surface area contributed by atoms with E-state index in [2.05, 4.69) is 25.9 Å². The number of anilines is 1. The van der Waals surface area contributed by atoms with Crippen molar-refractivity contribution in [1.29, 1.82) is 0 Å². The Kier molecular flexibility index (Phi) is 3.13. The Morgan fingerprint density at radius 3 is 2.89 bits per heavy atom. The third-order valence-corrected chi connectivity index (χ3v) is 2.28. The highest BCUT2D eigenvalue weighted by atomic mass is 19.1. The van der Waals surface area contributed by atoms with E-state index < -0.39 is 10.7 Å². The topological polar surface area (TPSA) is 110 Å². The van der Waals surface area contributed by atoms with Gasteiger partial charge in [-0.05, 0) is 13.0 Å². The average Bonchev–Trinajstić information content (AvgIpc) is 2.85. The first-order valence-corrected chi connectivity index (χ1v) is 5.01. The van der Waals surface area contributed by atoms with Gasteiger partial charge in [-0.2, -0.15) is 5.21 Å². The molecule has 8 nitrogen and oxygen atoms in total. The lowest BCUT2D eigenvalue weighted by atomic mass is 10.2. The number of rotatable bonds is 4. The Bertz CT molecular complexity index is 558. The van der Waals surface area contributed by atoms with Gasteiger partial charge in [-0.25, -0.2) is 4.39 Å². The van der Waals surface area contributed by atoms with Crippen LogP contribution in [0.2, 0.25) is 0 Å². The van der Waals surface area contributed by atoms with Crippen molar-refractivity contribution < 1.29 is 9.31 Å². The molecule has 0 amide bonds. The number of hydrogen-bond donors (Lipinski definition) is 2. The molecule has 0 radical (unpaired) electrons. The summed E-state index contributed by atoms with van der Waals surface area (Å²) >= 11 is 0. The predicted octanol–water partition coefficient (Wildman–Crippen LogP) is 1.42. The molecule has 18 heavy (non-hydrogen) atoms. The van der Waals surface area contributed by atoms with E-state index in [1.54, 1.807) is 6.92 Å². The molecular weight excluding hydrogens is 243 g/mol. The van der Waals surface area contributed by atoms with Gasteiger partial charge in [-0.3, -0.25) is 10.1 Å². The van der Waals surface area contributed by atoms with Gasteiger partial charge in [-0.1, -0.05) is 5.21 Å². The normalized spacial score (nSPS) is 12.1. The Morgan fingerprint density at radius 2 is 2.33 bits per heavy atom. The van der Waals surface area contributed by atoms with Crippen LogP contribution in [-0.4, -0.2) is 25.5 Å². The lowest BCUT2D eigenvalue weighted by Crippen LogP contribution is -2.10. The van der Waals surface area contributed by atoms with Crippen LogP contribution in [0.15, 0.2) is 18.2 Å². The second-order valence-corrected chi connectivity index (χ2v) is 3.56. The van der Waals surface area contributed by atoms with Gasteiger partial charge in [0.15, 0.2) is 11.6 Å². The molecule has 1 aromatic heterocycles. The first-order chi connectivity index (χ1) is 8.58. The SMILES string of the molecule is CC(Nc1ccc([N+](=O)[O-])cc1F)c1nn[nH]n1. The third-order valence-electron chi connectivity index (χ3n) is 2.28. The molecule has 1 unspecified atom stereocenters. The zero-order chi connectivity index (χ0) is 13.1. The second kappa shape index (κ2) is 4.73. The maximum atomic E-state index is 13.6. The molecule has 0 saturated heterocycles. The number of aromatic amines is 1. The number of nitrogens with zero attached hydrogens (tertiary/aromatic N) is 4. The van der Waals surface area contributed by atoms with Crippen LogP contribution < -0.4 is 5.32 Å². The molecule has 9 heteroatoms. The summed E-state index contributed by atoms with van der Waals surface area (Å²) in [7, 11) is 0. The maximum Gasteiger partial charge on any atom is 0.272 e. The summed E-state index contributed by atoms with van der Waals surface area (Å²) in [6.07, 6.45) is 0. The van der Waals surface area contributed by atoms with Crippen molar-refractivity contribution in [1.82, 2.24) is 20.6 Å². The van der Waals surface area contributed by atoms with Crippen molar-refractivity contribution in [2.24, 2.45) is 0 Å². The molecule has 94 valence electrons. The first kappa shape index (κ1) is 11.9. The number of nitro groups is 1. The Labute approximate surface area is 100 Å². The number of hydrogen-bond acceptors (Lipinski definition) is 6. The van der Waals surface area contributed by atoms with E-state index >= 15 is 0 Å². The monoisotopic (exact) mass is 252 g/mol. The van der Waals surface area contributed by atoms with Gasteiger partial charge in [0.05, 0.1) is 22.7 Å². The molecule has 0 aliphatic rings. The van der Waals surface area contributed by atoms with Crippen molar-refractivity contribution >= 4 is 11.4 Å². The van der Waals surface area contributed by atoms with E-state index in [-0.39, 0.29) is 17.4 Å². The average molecular weight is 252 g/mol. The minimum Gasteiger partial charge on any atom is -0.373 e. The summed E-state index contributed by atoms with van der Waals surface area (Å²) in [5.74, 6) is -0.340. The number of halogens is 1. The lowest BCUT2D eigenvalue weighted by molar-refractivity contribution is -0.385. The number of benzene rings is 1. The Hall–Kier alpha value is -2.58. The summed E-state index contributed by atoms with van der Waals surface area (Å²) in [5, 5.41) is 26.4. The number of nitrogens with one attached hydrogen (secondary N) is 2. The van der Waals surface area contributed by atoms with Crippen LogP contribution in [0.1, 0.15) is 18.8 Å². The van der Waals surface area contributed by atoms with E-state index in [9.17, 15) is 14.5 Å². The highest BCUT2D eigenvalue weighted by Crippen LogP contribution is 2.23. The molecule has 0 fully saturated rings. The Balaban J connectivity index is 2.17. The molecule has 2 N–H and O–H groups in total. The van der Waals surface area contributed by atoms with Gasteiger partial charge in [0.2, 0.25) is 0 Å². The molecule has 0 aliphatic heterocycles. The molecule has 1 atom stereocenters. The number of aromatic nitrogens is 4. The van der Waals surface area contributed by atoms with Crippen LogP contribution in [0, 0.1) is 15.9 Å². The highest BCUT2D eigenvalue weighted by molar-refractivity contribution is 5.50. The van der Waals surface area contributed by atoms with Crippen molar-refractivity contribution in [2.75, 3.05) is 5.32 Å². The lowest BCUT2D eigenvalue weighted by Gasteiger charge is -2.11. The van der Waals surface area contributed by atoms with E-state index in [0.29, 0.717) is 5.82 Å². The van der Waals surface area contributed by atoms with Crippen LogP contribution in [-0.2, 0) is 0 Å². The molecule has 0 spiro atoms. The quantitative estimate of drug-likeness (QED) is 0.629. The fourth-order valence-corrected chi connectivity index (χ4v) is 1.39. The van der Waals surface area contributed by atoms with Gasteiger partial charge in [0, 0.05) is 6.07 Å². The van der Waals surface area contributed by atoms with E-state index in [0.717, 1.165) is 6.07 Å². The minimum atomic E-state index is -0.709. The van der Waals surface area contributed by atoms with Crippen molar-refractivity contribution in [3.63, 3.8) is 0 Å². The van der Waals surface area contributed by atoms with Crippen LogP contribution in [0.4, 0.5) is 15.8 Å². The maximum absolute atomic E-state index is 13.6. The smallest absolute Gasteiger partial charge is 0.272 e. The van der Waals surface area contributed by atoms with Crippen molar-refractivity contribution in [2.45, 2.75) is 13.0 Å². The molecule has 0 saturated carbocycles. The zero-order valence-corrected chi connectivity index (χ0v) is 9.29. The molecule has 1 heterocycles. The van der Waals surface area contributed by atoms with E-state index in [1.807, 2.05) is 0 Å². The Morgan fingerprint density at radius 1 is 1.56 bits per heavy atom. The van der Waals surface area contributed by atoms with Crippen LogP contribution >= 0.6 is 0 Å². The third kappa shape index (κ3) is 2.39. The van der Waals surface area contributed by atoms with Crippen molar-refractivity contribution in [3.8, 4) is 0 Å². The van der Waals surface area contributed by atoms with Crippen LogP contribution in [0.25, 0.3) is 0 Å². The molecule has 0 aliphatic carbocycles. The first-order valence-electron chi connectivity index (χ1n) is 5.01. The summed E-state index contributed by atoms with van der Waals surface area (Å²) in [6, 6.07) is 2.99. The summed E-state index contributed by atoms with van der Waals surface area (Å²) in [5.41, 5.74) is -0.164. The highest BCUT2D eigenvalue weighted by Gasteiger charge is 2.15. The van der Waals surface area contributed by atoms with Gasteiger partial charge in [-0.15, -0.1) is 10.2 Å². The summed E-state index contributed by atoms with van der Waals surface area (Å²) in [6.45, 7) is 1.71. The zero-order valence-electron chi connectivity index (χ0n) is 9.29. The fourth-order valence-electron chi connectivity index (χ4n) is 1.39. The minimum absolute atomic E-state index is 0.137. The van der Waals surface area contributed by atoms with E-state index in [1.165, 1.54) is 12.1 Å². The summed E-state index contributed by atoms with van der Waals surface area (Å²) in [4.78, 5) is 9.80. The standard InChI is InChI=1S/C9H9FN6O2/c1-5(9-12-14-15-13-9)11-8-3-2-6(16(17)18)4-7(8)10/h2-5,11H,1H3,(H,12,13,14,15). The predicted molar refractivity (Wildman–Crippen MR) is 59.3 cm³/mol. The molecule has 2 aromatic rings. The number of tetrazole rings is 1. The van der Waals surface area contributed by atoms with Crippen LogP contribution in [0.3, 0.4) is 0 Å². The van der Waals surface area contributed by atoms with Gasteiger partial charge in [0.25, 0.3) is 5.69 Å². The van der Waals surface area contributed by atoms with Gasteiger partial charge in [0.1, 0.15) is 0 Å². The number of nitro benzene ring substituents is 1. The molecule has 1 aromatic carbocycles. The molecule has 2 rings (SSSR count). The van der Waals surface area contributed by atoms with E-state index in [4.69, 9.17) is 0 Å².